The fourth-order valence-electron chi connectivity index (χ4n) is 5.67. The Kier molecular flexibility index (Phi) is 8.81. The van der Waals surface area contributed by atoms with E-state index in [1.807, 2.05) is 58.0 Å². The van der Waals surface area contributed by atoms with Gasteiger partial charge in [0.25, 0.3) is 0 Å². The lowest BCUT2D eigenvalue weighted by molar-refractivity contribution is -0.138. The molecule has 1 saturated heterocycles. The standard InChI is InChI=1S/C33H46N4O4/c1-31(2,3)24-15-17-26(18-16-24)37(29(39)33(7)21-36(22-33)30(40)41-32(4,5)6)27(23-12-11-19-34-20-23)28(38)35-25-13-9-8-10-14-25/h11-12,15-20,25,27H,8-10,13-14,21-22H2,1-7H3,(H,35,38). The van der Waals surface area contributed by atoms with Crippen molar-refractivity contribution in [2.45, 2.75) is 104 Å². The highest BCUT2D eigenvalue weighted by Gasteiger charge is 2.52. The van der Waals surface area contributed by atoms with Crippen LogP contribution in [0.4, 0.5) is 10.5 Å². The topological polar surface area (TPSA) is 91.8 Å². The molecule has 1 atom stereocenters. The summed E-state index contributed by atoms with van der Waals surface area (Å²) in [5, 5.41) is 3.25. The van der Waals surface area contributed by atoms with Crippen LogP contribution in [0.3, 0.4) is 0 Å². The Morgan fingerprint density at radius 2 is 1.63 bits per heavy atom. The predicted octanol–water partition coefficient (Wildman–Crippen LogP) is 6.16. The van der Waals surface area contributed by atoms with Crippen molar-refractivity contribution in [3.63, 3.8) is 0 Å². The molecule has 1 aliphatic heterocycles. The molecule has 8 heteroatoms. The van der Waals surface area contributed by atoms with E-state index in [9.17, 15) is 14.4 Å². The van der Waals surface area contributed by atoms with Crippen LogP contribution in [0.5, 0.6) is 0 Å². The number of pyridine rings is 1. The molecule has 41 heavy (non-hydrogen) atoms. The molecule has 8 nitrogen and oxygen atoms in total. The van der Waals surface area contributed by atoms with E-state index in [-0.39, 0.29) is 36.4 Å². The minimum atomic E-state index is -0.911. The average Bonchev–Trinajstić information content (AvgIpc) is 2.89. The molecule has 1 aromatic heterocycles. The van der Waals surface area contributed by atoms with Crippen molar-refractivity contribution in [2.24, 2.45) is 5.41 Å². The second-order valence-electron chi connectivity index (χ2n) is 13.9. The quantitative estimate of drug-likeness (QED) is 0.455. The van der Waals surface area contributed by atoms with Crippen LogP contribution in [-0.2, 0) is 19.7 Å². The highest BCUT2D eigenvalue weighted by atomic mass is 16.6. The van der Waals surface area contributed by atoms with E-state index in [0.717, 1.165) is 31.2 Å². The Labute approximate surface area is 244 Å². The van der Waals surface area contributed by atoms with E-state index in [1.54, 1.807) is 28.3 Å². The minimum absolute atomic E-state index is 0.0671. The fraction of sp³-hybridized carbons (Fsp3) is 0.576. The lowest BCUT2D eigenvalue weighted by atomic mass is 9.79. The summed E-state index contributed by atoms with van der Waals surface area (Å²) in [6.07, 6.45) is 8.08. The number of benzene rings is 1. The van der Waals surface area contributed by atoms with E-state index in [0.29, 0.717) is 11.3 Å². The Balaban J connectivity index is 1.71. The molecule has 1 unspecified atom stereocenters. The van der Waals surface area contributed by atoms with Gasteiger partial charge in [-0.25, -0.2) is 4.79 Å². The number of amides is 3. The van der Waals surface area contributed by atoms with Crippen molar-refractivity contribution < 1.29 is 19.1 Å². The lowest BCUT2D eigenvalue weighted by Gasteiger charge is -2.49. The summed E-state index contributed by atoms with van der Waals surface area (Å²) in [7, 11) is 0. The Morgan fingerprint density at radius 3 is 2.17 bits per heavy atom. The van der Waals surface area contributed by atoms with Crippen LogP contribution in [0.15, 0.2) is 48.8 Å². The van der Waals surface area contributed by atoms with Gasteiger partial charge in [0.05, 0.1) is 5.41 Å². The molecule has 0 bridgehead atoms. The summed E-state index contributed by atoms with van der Waals surface area (Å²) in [6.45, 7) is 14.2. The summed E-state index contributed by atoms with van der Waals surface area (Å²) in [5.74, 6) is -0.432. The van der Waals surface area contributed by atoms with Gasteiger partial charge in [0.15, 0.2) is 0 Å². The zero-order valence-electron chi connectivity index (χ0n) is 25.7. The van der Waals surface area contributed by atoms with E-state index in [4.69, 9.17) is 4.74 Å². The summed E-state index contributed by atoms with van der Waals surface area (Å²) in [5.41, 5.74) is 0.821. The minimum Gasteiger partial charge on any atom is -0.444 e. The van der Waals surface area contributed by atoms with Crippen LogP contribution in [0, 0.1) is 5.41 Å². The van der Waals surface area contributed by atoms with E-state index in [1.165, 1.54) is 6.42 Å². The van der Waals surface area contributed by atoms with Crippen molar-refractivity contribution in [2.75, 3.05) is 18.0 Å². The lowest BCUT2D eigenvalue weighted by Crippen LogP contribution is -2.65. The molecule has 4 rings (SSSR count). The normalized spacial score (nSPS) is 18.2. The van der Waals surface area contributed by atoms with Gasteiger partial charge in [-0.3, -0.25) is 19.5 Å². The zero-order chi connectivity index (χ0) is 30.0. The summed E-state index contributed by atoms with van der Waals surface area (Å²) in [4.78, 5) is 48.8. The molecule has 1 saturated carbocycles. The second kappa shape index (κ2) is 11.8. The number of anilines is 1. The van der Waals surface area contributed by atoms with Crippen LogP contribution >= 0.6 is 0 Å². The number of aromatic nitrogens is 1. The maximum absolute atomic E-state index is 14.5. The first kappa shape index (κ1) is 30.5. The van der Waals surface area contributed by atoms with Gasteiger partial charge >= 0.3 is 6.09 Å². The molecular formula is C33H46N4O4. The van der Waals surface area contributed by atoms with Gasteiger partial charge in [-0.1, -0.05) is 58.2 Å². The largest absolute Gasteiger partial charge is 0.444 e. The first-order chi connectivity index (χ1) is 19.2. The molecule has 1 N–H and O–H groups in total. The van der Waals surface area contributed by atoms with Gasteiger partial charge < -0.3 is 15.0 Å². The number of rotatable bonds is 6. The van der Waals surface area contributed by atoms with E-state index in [2.05, 4.69) is 31.1 Å². The Bertz CT molecular complexity index is 1220. The number of nitrogens with one attached hydrogen (secondary N) is 1. The van der Waals surface area contributed by atoms with E-state index >= 15 is 0 Å². The van der Waals surface area contributed by atoms with Crippen LogP contribution < -0.4 is 10.2 Å². The van der Waals surface area contributed by atoms with E-state index < -0.39 is 23.2 Å². The van der Waals surface area contributed by atoms with Gasteiger partial charge in [-0.05, 0) is 69.7 Å². The summed E-state index contributed by atoms with van der Waals surface area (Å²) >= 11 is 0. The number of hydrogen-bond acceptors (Lipinski definition) is 5. The molecule has 1 aliphatic carbocycles. The first-order valence-electron chi connectivity index (χ1n) is 14.8. The van der Waals surface area contributed by atoms with Gasteiger partial charge in [-0.15, -0.1) is 0 Å². The summed E-state index contributed by atoms with van der Waals surface area (Å²) in [6, 6.07) is 10.7. The molecule has 0 radical (unpaired) electrons. The summed E-state index contributed by atoms with van der Waals surface area (Å²) < 4.78 is 5.53. The third kappa shape index (κ3) is 7.27. The molecule has 222 valence electrons. The van der Waals surface area contributed by atoms with Crippen molar-refractivity contribution in [3.8, 4) is 0 Å². The molecule has 2 aromatic rings. The third-order valence-electron chi connectivity index (χ3n) is 7.94. The Hall–Kier alpha value is -3.42. The average molecular weight is 563 g/mol. The van der Waals surface area contributed by atoms with Crippen molar-refractivity contribution in [1.29, 1.82) is 0 Å². The number of carbonyl (C=O) groups excluding carboxylic acids is 3. The first-order valence-corrected chi connectivity index (χ1v) is 14.8. The fourth-order valence-corrected chi connectivity index (χ4v) is 5.67. The monoisotopic (exact) mass is 562 g/mol. The van der Waals surface area contributed by atoms with Gasteiger partial charge in [0.1, 0.15) is 11.6 Å². The maximum atomic E-state index is 14.5. The van der Waals surface area contributed by atoms with Crippen LogP contribution in [-0.4, -0.2) is 52.5 Å². The van der Waals surface area contributed by atoms with Crippen molar-refractivity contribution in [3.05, 3.63) is 59.9 Å². The highest BCUT2D eigenvalue weighted by Crippen LogP contribution is 2.39. The highest BCUT2D eigenvalue weighted by molar-refractivity contribution is 6.05. The SMILES string of the molecule is CC(C)(C)OC(=O)N1CC(C)(C(=O)N(c2ccc(C(C)(C)C)cc2)C(C(=O)NC2CCCCC2)c2cccnc2)C1. The predicted molar refractivity (Wildman–Crippen MR) is 161 cm³/mol. The number of carbonyl (C=O) groups is 3. The van der Waals surface area contributed by atoms with Crippen molar-refractivity contribution in [1.82, 2.24) is 15.2 Å². The molecule has 2 aliphatic rings. The molecule has 1 aromatic carbocycles. The number of ether oxygens (including phenoxy) is 1. The van der Waals surface area contributed by atoms with Crippen LogP contribution in [0.25, 0.3) is 0 Å². The number of likely N-dealkylation sites (tertiary alicyclic amines) is 1. The van der Waals surface area contributed by atoms with Crippen LogP contribution in [0.1, 0.15) is 97.7 Å². The third-order valence-corrected chi connectivity index (χ3v) is 7.94. The van der Waals surface area contributed by atoms with Gasteiger partial charge in [0.2, 0.25) is 11.8 Å². The molecule has 2 heterocycles. The maximum Gasteiger partial charge on any atom is 0.410 e. The van der Waals surface area contributed by atoms with Gasteiger partial charge in [0, 0.05) is 42.8 Å². The number of nitrogens with zero attached hydrogens (tertiary/aromatic N) is 3. The Morgan fingerprint density at radius 1 is 1.00 bits per heavy atom. The molecule has 0 spiro atoms. The molecule has 2 fully saturated rings. The zero-order valence-corrected chi connectivity index (χ0v) is 25.7. The van der Waals surface area contributed by atoms with Crippen molar-refractivity contribution >= 4 is 23.6 Å². The smallest absolute Gasteiger partial charge is 0.410 e. The molecule has 3 amide bonds. The van der Waals surface area contributed by atoms with Gasteiger partial charge in [-0.2, -0.15) is 0 Å². The van der Waals surface area contributed by atoms with Crippen LogP contribution in [0.2, 0.25) is 0 Å². The molecular weight excluding hydrogens is 516 g/mol. The second-order valence-corrected chi connectivity index (χ2v) is 13.9. The number of hydrogen-bond donors (Lipinski definition) is 1.